The van der Waals surface area contributed by atoms with E-state index in [2.05, 4.69) is 15.4 Å². The van der Waals surface area contributed by atoms with Crippen molar-refractivity contribution < 1.29 is 9.53 Å². The molecule has 0 aliphatic carbocycles. The standard InChI is InChI=1S/C23H22N4O2S/c1-27-13-20(12-25-27)23-26-21(16-30-23)22(28)24-11-17-7-9-19(10-8-17)15-29-14-18-5-3-2-4-6-18/h2-10,12-13,16H,11,14-15H2,1H3,(H,24,28). The smallest absolute Gasteiger partial charge is 0.271 e. The molecule has 6 nitrogen and oxygen atoms in total. The Labute approximate surface area is 179 Å². The molecule has 0 fully saturated rings. The molecule has 30 heavy (non-hydrogen) atoms. The summed E-state index contributed by atoms with van der Waals surface area (Å²) >= 11 is 1.43. The van der Waals surface area contributed by atoms with Gasteiger partial charge in [-0.3, -0.25) is 9.48 Å². The lowest BCUT2D eigenvalue weighted by molar-refractivity contribution is 0.0946. The first-order valence-corrected chi connectivity index (χ1v) is 10.5. The van der Waals surface area contributed by atoms with Gasteiger partial charge in [-0.2, -0.15) is 5.10 Å². The van der Waals surface area contributed by atoms with Crippen molar-refractivity contribution in [3.05, 3.63) is 94.8 Å². The number of ether oxygens (including phenoxy) is 1. The van der Waals surface area contributed by atoms with Crippen LogP contribution in [0.15, 0.2) is 72.4 Å². The molecule has 1 N–H and O–H groups in total. The summed E-state index contributed by atoms with van der Waals surface area (Å²) in [6.07, 6.45) is 3.62. The number of carbonyl (C=O) groups is 1. The van der Waals surface area contributed by atoms with Gasteiger partial charge in [-0.15, -0.1) is 11.3 Å². The Bertz CT molecular complexity index is 1100. The highest BCUT2D eigenvalue weighted by Gasteiger charge is 2.12. The van der Waals surface area contributed by atoms with Crippen molar-refractivity contribution in [2.75, 3.05) is 0 Å². The number of benzene rings is 2. The van der Waals surface area contributed by atoms with Crippen molar-refractivity contribution in [2.45, 2.75) is 19.8 Å². The Morgan fingerprint density at radius 1 is 1.03 bits per heavy atom. The molecule has 7 heteroatoms. The van der Waals surface area contributed by atoms with Crippen molar-refractivity contribution >= 4 is 17.2 Å². The molecule has 0 atom stereocenters. The first-order chi connectivity index (χ1) is 14.7. The molecule has 1 amide bonds. The largest absolute Gasteiger partial charge is 0.372 e. The zero-order valence-corrected chi connectivity index (χ0v) is 17.4. The Morgan fingerprint density at radius 2 is 1.73 bits per heavy atom. The first kappa shape index (κ1) is 20.0. The summed E-state index contributed by atoms with van der Waals surface area (Å²) in [4.78, 5) is 16.8. The van der Waals surface area contributed by atoms with Crippen molar-refractivity contribution in [3.63, 3.8) is 0 Å². The van der Waals surface area contributed by atoms with Crippen LogP contribution in [0.2, 0.25) is 0 Å². The van der Waals surface area contributed by atoms with E-state index in [4.69, 9.17) is 4.74 Å². The van der Waals surface area contributed by atoms with Gasteiger partial charge in [0.15, 0.2) is 0 Å². The predicted molar refractivity (Wildman–Crippen MR) is 117 cm³/mol. The molecule has 4 rings (SSSR count). The average Bonchev–Trinajstić information content (AvgIpc) is 3.43. The number of nitrogens with one attached hydrogen (secondary N) is 1. The second kappa shape index (κ2) is 9.47. The minimum absolute atomic E-state index is 0.184. The van der Waals surface area contributed by atoms with E-state index in [-0.39, 0.29) is 5.91 Å². The molecule has 2 aromatic heterocycles. The third-order valence-corrected chi connectivity index (χ3v) is 5.44. The zero-order chi connectivity index (χ0) is 20.8. The van der Waals surface area contributed by atoms with Crippen LogP contribution < -0.4 is 5.32 Å². The van der Waals surface area contributed by atoms with Crippen LogP contribution in [0.3, 0.4) is 0 Å². The van der Waals surface area contributed by atoms with E-state index in [1.807, 2.05) is 67.8 Å². The van der Waals surface area contributed by atoms with Crippen LogP contribution in [0.4, 0.5) is 0 Å². The lowest BCUT2D eigenvalue weighted by Crippen LogP contribution is -2.23. The van der Waals surface area contributed by atoms with E-state index in [1.165, 1.54) is 11.3 Å². The second-order valence-electron chi connectivity index (χ2n) is 6.92. The van der Waals surface area contributed by atoms with E-state index in [0.717, 1.165) is 27.3 Å². The number of aryl methyl sites for hydroxylation is 1. The van der Waals surface area contributed by atoms with Gasteiger partial charge in [0.1, 0.15) is 10.7 Å². The van der Waals surface area contributed by atoms with E-state index in [9.17, 15) is 4.79 Å². The van der Waals surface area contributed by atoms with Crippen LogP contribution in [0.25, 0.3) is 10.6 Å². The monoisotopic (exact) mass is 418 g/mol. The maximum atomic E-state index is 12.4. The van der Waals surface area contributed by atoms with Crippen molar-refractivity contribution in [1.82, 2.24) is 20.1 Å². The summed E-state index contributed by atoms with van der Waals surface area (Å²) in [7, 11) is 1.85. The maximum absolute atomic E-state index is 12.4. The molecule has 0 saturated carbocycles. The summed E-state index contributed by atoms with van der Waals surface area (Å²) in [5.41, 5.74) is 4.61. The minimum Gasteiger partial charge on any atom is -0.372 e. The molecule has 4 aromatic rings. The normalized spacial score (nSPS) is 10.8. The third-order valence-electron chi connectivity index (χ3n) is 4.54. The zero-order valence-electron chi connectivity index (χ0n) is 16.6. The Kier molecular flexibility index (Phi) is 6.32. The van der Waals surface area contributed by atoms with E-state index < -0.39 is 0 Å². The van der Waals surface area contributed by atoms with Gasteiger partial charge in [0.2, 0.25) is 0 Å². The van der Waals surface area contributed by atoms with Crippen molar-refractivity contribution in [1.29, 1.82) is 0 Å². The Balaban J connectivity index is 1.25. The fraction of sp³-hybridized carbons (Fsp3) is 0.174. The summed E-state index contributed by atoms with van der Waals surface area (Å²) in [6.45, 7) is 1.59. The van der Waals surface area contributed by atoms with Crippen molar-refractivity contribution in [3.8, 4) is 10.6 Å². The Morgan fingerprint density at radius 3 is 2.43 bits per heavy atom. The fourth-order valence-corrected chi connectivity index (χ4v) is 3.71. The van der Waals surface area contributed by atoms with Gasteiger partial charge in [0.25, 0.3) is 5.91 Å². The number of carbonyl (C=O) groups excluding carboxylic acids is 1. The molecule has 0 unspecified atom stereocenters. The minimum atomic E-state index is -0.184. The molecule has 2 heterocycles. The highest BCUT2D eigenvalue weighted by Crippen LogP contribution is 2.22. The van der Waals surface area contributed by atoms with Gasteiger partial charge in [-0.25, -0.2) is 4.98 Å². The number of amides is 1. The molecule has 0 saturated heterocycles. The number of rotatable bonds is 8. The molecule has 0 aliphatic heterocycles. The van der Waals surface area contributed by atoms with Gasteiger partial charge in [0, 0.05) is 30.7 Å². The van der Waals surface area contributed by atoms with E-state index >= 15 is 0 Å². The van der Waals surface area contributed by atoms with Crippen LogP contribution in [-0.4, -0.2) is 20.7 Å². The predicted octanol–water partition coefficient (Wildman–Crippen LogP) is 4.19. The van der Waals surface area contributed by atoms with E-state index in [0.29, 0.717) is 25.5 Å². The number of hydrogen-bond donors (Lipinski definition) is 1. The van der Waals surface area contributed by atoms with E-state index in [1.54, 1.807) is 16.3 Å². The van der Waals surface area contributed by atoms with Gasteiger partial charge >= 0.3 is 0 Å². The number of thiazole rings is 1. The molecule has 2 aromatic carbocycles. The third kappa shape index (κ3) is 5.20. The fourth-order valence-electron chi connectivity index (χ4n) is 2.93. The highest BCUT2D eigenvalue weighted by atomic mass is 32.1. The lowest BCUT2D eigenvalue weighted by atomic mass is 10.1. The van der Waals surface area contributed by atoms with Crippen LogP contribution in [0, 0.1) is 0 Å². The molecule has 152 valence electrons. The number of nitrogens with zero attached hydrogens (tertiary/aromatic N) is 3. The molecule has 0 bridgehead atoms. The van der Waals surface area contributed by atoms with Crippen molar-refractivity contribution in [2.24, 2.45) is 7.05 Å². The molecular weight excluding hydrogens is 396 g/mol. The van der Waals surface area contributed by atoms with Crippen LogP contribution in [-0.2, 0) is 31.5 Å². The average molecular weight is 419 g/mol. The van der Waals surface area contributed by atoms with Crippen LogP contribution >= 0.6 is 11.3 Å². The molecule has 0 radical (unpaired) electrons. The summed E-state index contributed by atoms with van der Waals surface area (Å²) in [5.74, 6) is -0.184. The van der Waals surface area contributed by atoms with Gasteiger partial charge in [0.05, 0.1) is 19.4 Å². The Hall–Kier alpha value is -3.29. The molecular formula is C23H22N4O2S. The summed E-state index contributed by atoms with van der Waals surface area (Å²) in [6, 6.07) is 18.2. The maximum Gasteiger partial charge on any atom is 0.271 e. The molecule has 0 aliphatic rings. The second-order valence-corrected chi connectivity index (χ2v) is 7.78. The lowest BCUT2D eigenvalue weighted by Gasteiger charge is -2.07. The highest BCUT2D eigenvalue weighted by molar-refractivity contribution is 7.13. The summed E-state index contributed by atoms with van der Waals surface area (Å²) in [5, 5.41) is 9.61. The summed E-state index contributed by atoms with van der Waals surface area (Å²) < 4.78 is 7.47. The quantitative estimate of drug-likeness (QED) is 0.466. The number of hydrogen-bond acceptors (Lipinski definition) is 5. The SMILES string of the molecule is Cn1cc(-c2nc(C(=O)NCc3ccc(COCc4ccccc4)cc3)cs2)cn1. The van der Waals surface area contributed by atoms with Crippen LogP contribution in [0.1, 0.15) is 27.2 Å². The topological polar surface area (TPSA) is 69.0 Å². The molecule has 0 spiro atoms. The van der Waals surface area contributed by atoms with Gasteiger partial charge in [-0.1, -0.05) is 54.6 Å². The first-order valence-electron chi connectivity index (χ1n) is 9.59. The van der Waals surface area contributed by atoms with Gasteiger partial charge < -0.3 is 10.1 Å². The van der Waals surface area contributed by atoms with Gasteiger partial charge in [-0.05, 0) is 16.7 Å². The van der Waals surface area contributed by atoms with Crippen LogP contribution in [0.5, 0.6) is 0 Å². The number of aromatic nitrogens is 3.